The van der Waals surface area contributed by atoms with Gasteiger partial charge in [-0.2, -0.15) is 0 Å². The van der Waals surface area contributed by atoms with E-state index in [1.807, 2.05) is 20.8 Å². The van der Waals surface area contributed by atoms with Crippen molar-refractivity contribution in [3.05, 3.63) is 0 Å². The summed E-state index contributed by atoms with van der Waals surface area (Å²) in [6.45, 7) is 8.14. The minimum Gasteiger partial charge on any atom is -0.481 e. The zero-order chi connectivity index (χ0) is 15.1. The summed E-state index contributed by atoms with van der Waals surface area (Å²) in [6.07, 6.45) is 2.41. The van der Waals surface area contributed by atoms with E-state index in [9.17, 15) is 14.7 Å². The van der Waals surface area contributed by atoms with Gasteiger partial charge in [0.15, 0.2) is 0 Å². The summed E-state index contributed by atoms with van der Waals surface area (Å²) in [7, 11) is 0. The lowest BCUT2D eigenvalue weighted by atomic mass is 9.61. The number of carboxylic acid groups (broad SMARTS) is 1. The summed E-state index contributed by atoms with van der Waals surface area (Å²) in [5, 5.41) is 15.3. The van der Waals surface area contributed by atoms with Crippen LogP contribution in [0, 0.1) is 23.2 Å². The van der Waals surface area contributed by atoms with Crippen LogP contribution in [-0.2, 0) is 4.79 Å². The van der Waals surface area contributed by atoms with Gasteiger partial charge in [0.2, 0.25) is 0 Å². The molecule has 0 radical (unpaired) electrons. The third-order valence-electron chi connectivity index (χ3n) is 5.48. The number of hydrogen-bond acceptors (Lipinski definition) is 2. The first-order chi connectivity index (χ1) is 9.23. The molecule has 0 saturated heterocycles. The third-order valence-corrected chi connectivity index (χ3v) is 5.48. The number of carboxylic acids is 1. The zero-order valence-electron chi connectivity index (χ0n) is 12.8. The van der Waals surface area contributed by atoms with Gasteiger partial charge in [0.05, 0.1) is 5.92 Å². The van der Waals surface area contributed by atoms with Crippen LogP contribution in [-0.4, -0.2) is 29.2 Å². The summed E-state index contributed by atoms with van der Waals surface area (Å²) in [6, 6.07) is 0.254. The smallest absolute Gasteiger partial charge is 0.315 e. The number of carbonyl (C=O) groups excluding carboxylic acids is 1. The molecule has 2 amide bonds. The molecule has 114 valence electrons. The zero-order valence-corrected chi connectivity index (χ0v) is 12.8. The van der Waals surface area contributed by atoms with Crippen LogP contribution >= 0.6 is 0 Å². The van der Waals surface area contributed by atoms with Crippen LogP contribution < -0.4 is 10.6 Å². The summed E-state index contributed by atoms with van der Waals surface area (Å²) < 4.78 is 0. The first kappa shape index (κ1) is 15.1. The highest BCUT2D eigenvalue weighted by Crippen LogP contribution is 2.45. The fraction of sp³-hybridized carbons (Fsp3) is 0.867. The van der Waals surface area contributed by atoms with Crippen LogP contribution in [0.4, 0.5) is 4.79 Å². The van der Waals surface area contributed by atoms with Crippen LogP contribution in [0.25, 0.3) is 0 Å². The van der Waals surface area contributed by atoms with Gasteiger partial charge >= 0.3 is 12.0 Å². The topological polar surface area (TPSA) is 78.4 Å². The molecule has 0 heterocycles. The molecule has 5 atom stereocenters. The van der Waals surface area contributed by atoms with Crippen molar-refractivity contribution >= 4 is 12.0 Å². The molecule has 5 nitrogen and oxygen atoms in total. The number of urea groups is 1. The predicted molar refractivity (Wildman–Crippen MR) is 76.3 cm³/mol. The van der Waals surface area contributed by atoms with Gasteiger partial charge in [-0.15, -0.1) is 0 Å². The molecule has 0 spiro atoms. The molecular formula is C15H26N2O3. The molecule has 3 N–H and O–H groups in total. The number of nitrogens with one attached hydrogen (secondary N) is 2. The van der Waals surface area contributed by atoms with Crippen molar-refractivity contribution in [2.45, 2.75) is 59.0 Å². The maximum Gasteiger partial charge on any atom is 0.315 e. The molecule has 2 fully saturated rings. The van der Waals surface area contributed by atoms with Gasteiger partial charge in [0.25, 0.3) is 0 Å². The minimum atomic E-state index is -0.725. The predicted octanol–water partition coefficient (Wildman–Crippen LogP) is 2.22. The fourth-order valence-electron chi connectivity index (χ4n) is 3.34. The van der Waals surface area contributed by atoms with E-state index in [2.05, 4.69) is 17.6 Å². The van der Waals surface area contributed by atoms with Crippen molar-refractivity contribution in [2.24, 2.45) is 23.2 Å². The Morgan fingerprint density at radius 1 is 1.10 bits per heavy atom. The van der Waals surface area contributed by atoms with E-state index < -0.39 is 5.97 Å². The average Bonchev–Trinajstić information content (AvgIpc) is 3.00. The standard InChI is InChI=1S/C15H26N2O3/c1-8-7-12(8)17-14(20)16-11-6-5-10(13(18)19)15(3,4)9(11)2/h8-12H,5-7H2,1-4H3,(H,18,19)(H2,16,17,20). The summed E-state index contributed by atoms with van der Waals surface area (Å²) in [4.78, 5) is 23.3. The summed E-state index contributed by atoms with van der Waals surface area (Å²) in [5.41, 5.74) is -0.311. The second-order valence-corrected chi connectivity index (χ2v) is 7.12. The fourth-order valence-corrected chi connectivity index (χ4v) is 3.34. The molecule has 0 aromatic rings. The molecule has 0 aliphatic heterocycles. The maximum atomic E-state index is 11.9. The molecule has 2 saturated carbocycles. The Morgan fingerprint density at radius 2 is 1.65 bits per heavy atom. The quantitative estimate of drug-likeness (QED) is 0.742. The largest absolute Gasteiger partial charge is 0.481 e. The van der Waals surface area contributed by atoms with Gasteiger partial charge in [-0.25, -0.2) is 4.79 Å². The van der Waals surface area contributed by atoms with Crippen molar-refractivity contribution in [2.75, 3.05) is 0 Å². The molecule has 5 unspecified atom stereocenters. The van der Waals surface area contributed by atoms with Crippen molar-refractivity contribution in [1.29, 1.82) is 0 Å². The van der Waals surface area contributed by atoms with E-state index in [0.717, 1.165) is 12.8 Å². The van der Waals surface area contributed by atoms with Gasteiger partial charge in [-0.1, -0.05) is 27.7 Å². The van der Waals surface area contributed by atoms with E-state index in [4.69, 9.17) is 0 Å². The van der Waals surface area contributed by atoms with Crippen molar-refractivity contribution in [3.8, 4) is 0 Å². The van der Waals surface area contributed by atoms with E-state index in [-0.39, 0.29) is 29.3 Å². The van der Waals surface area contributed by atoms with Gasteiger partial charge in [0, 0.05) is 12.1 Å². The number of amides is 2. The normalized spacial score (nSPS) is 38.9. The molecular weight excluding hydrogens is 256 g/mol. The highest BCUT2D eigenvalue weighted by Gasteiger charge is 2.46. The lowest BCUT2D eigenvalue weighted by molar-refractivity contribution is -0.150. The van der Waals surface area contributed by atoms with Crippen LogP contribution in [0.3, 0.4) is 0 Å². The van der Waals surface area contributed by atoms with Gasteiger partial charge in [0.1, 0.15) is 0 Å². The minimum absolute atomic E-state index is 0.0506. The monoisotopic (exact) mass is 282 g/mol. The van der Waals surface area contributed by atoms with E-state index >= 15 is 0 Å². The van der Waals surface area contributed by atoms with Crippen LogP contribution in [0.1, 0.15) is 47.0 Å². The average molecular weight is 282 g/mol. The van der Waals surface area contributed by atoms with Crippen molar-refractivity contribution in [3.63, 3.8) is 0 Å². The first-order valence-electron chi connectivity index (χ1n) is 7.53. The first-order valence-corrected chi connectivity index (χ1v) is 7.53. The Morgan fingerprint density at radius 3 is 2.15 bits per heavy atom. The lowest BCUT2D eigenvalue weighted by Gasteiger charge is -2.46. The Balaban J connectivity index is 1.93. The summed E-state index contributed by atoms with van der Waals surface area (Å²) >= 11 is 0. The number of hydrogen-bond donors (Lipinski definition) is 3. The van der Waals surface area contributed by atoms with Gasteiger partial charge < -0.3 is 15.7 Å². The van der Waals surface area contributed by atoms with Crippen LogP contribution in [0.2, 0.25) is 0 Å². The molecule has 0 aromatic carbocycles. The Hall–Kier alpha value is -1.26. The molecule has 20 heavy (non-hydrogen) atoms. The molecule has 2 rings (SSSR count). The molecule has 0 aromatic heterocycles. The third kappa shape index (κ3) is 2.91. The number of carbonyl (C=O) groups is 2. The molecule has 0 bridgehead atoms. The Labute approximate surface area is 120 Å². The van der Waals surface area contributed by atoms with Crippen LogP contribution in [0.15, 0.2) is 0 Å². The lowest BCUT2D eigenvalue weighted by Crippen LogP contribution is -2.54. The highest BCUT2D eigenvalue weighted by atomic mass is 16.4. The van der Waals surface area contributed by atoms with Crippen LogP contribution in [0.5, 0.6) is 0 Å². The molecule has 2 aliphatic rings. The number of aliphatic carboxylic acids is 1. The SMILES string of the molecule is CC1CC1NC(=O)NC1CCC(C(=O)O)C(C)(C)C1C. The Bertz CT molecular complexity index is 408. The molecule has 2 aliphatic carbocycles. The second-order valence-electron chi connectivity index (χ2n) is 7.12. The van der Waals surface area contributed by atoms with E-state index in [1.165, 1.54) is 0 Å². The van der Waals surface area contributed by atoms with Crippen molar-refractivity contribution in [1.82, 2.24) is 10.6 Å². The molecule has 5 heteroatoms. The van der Waals surface area contributed by atoms with E-state index in [1.54, 1.807) is 0 Å². The van der Waals surface area contributed by atoms with Crippen molar-refractivity contribution < 1.29 is 14.7 Å². The van der Waals surface area contributed by atoms with Gasteiger partial charge in [-0.3, -0.25) is 4.79 Å². The maximum absolute atomic E-state index is 11.9. The summed E-state index contributed by atoms with van der Waals surface area (Å²) in [5.74, 6) is -0.337. The highest BCUT2D eigenvalue weighted by molar-refractivity contribution is 5.75. The number of rotatable bonds is 3. The Kier molecular flexibility index (Phi) is 3.98. The van der Waals surface area contributed by atoms with E-state index in [0.29, 0.717) is 18.4 Å². The van der Waals surface area contributed by atoms with Gasteiger partial charge in [-0.05, 0) is 36.5 Å². The second kappa shape index (κ2) is 5.26.